The van der Waals surface area contributed by atoms with Crippen LogP contribution in [0.4, 0.5) is 0 Å². The SMILES string of the molecule is CCCn1c2ccc(C#N)cc2n[14c]1CCl. The van der Waals surface area contributed by atoms with Gasteiger partial charge in [0, 0.05) is 6.54 Å². The first-order chi connectivity index (χ1) is 7.80. The second kappa shape index (κ2) is 4.54. The van der Waals surface area contributed by atoms with Crippen LogP contribution in [0.5, 0.6) is 0 Å². The monoisotopic (exact) mass is 235 g/mol. The van der Waals surface area contributed by atoms with Crippen molar-refractivity contribution in [1.29, 1.82) is 5.26 Å². The molecule has 2 aromatic rings. The van der Waals surface area contributed by atoms with E-state index in [2.05, 4.69) is 22.5 Å². The number of halogens is 1. The fourth-order valence-corrected chi connectivity index (χ4v) is 2.03. The van der Waals surface area contributed by atoms with E-state index in [4.69, 9.17) is 16.9 Å². The molecule has 1 aromatic heterocycles. The van der Waals surface area contributed by atoms with Crippen molar-refractivity contribution in [2.24, 2.45) is 0 Å². The molecule has 0 bridgehead atoms. The summed E-state index contributed by atoms with van der Waals surface area (Å²) in [5, 5.41) is 8.82. The molecule has 1 heterocycles. The van der Waals surface area contributed by atoms with Crippen molar-refractivity contribution in [1.82, 2.24) is 9.55 Å². The average molecular weight is 236 g/mol. The summed E-state index contributed by atoms with van der Waals surface area (Å²) in [6.07, 6.45) is 1.04. The van der Waals surface area contributed by atoms with E-state index in [0.29, 0.717) is 11.4 Å². The van der Waals surface area contributed by atoms with Gasteiger partial charge >= 0.3 is 0 Å². The zero-order valence-corrected chi connectivity index (χ0v) is 9.83. The molecule has 0 fully saturated rings. The number of hydrogen-bond acceptors (Lipinski definition) is 2. The summed E-state index contributed by atoms with van der Waals surface area (Å²) in [6, 6.07) is 7.67. The van der Waals surface area contributed by atoms with Crippen molar-refractivity contribution in [3.63, 3.8) is 0 Å². The summed E-state index contributed by atoms with van der Waals surface area (Å²) in [5.41, 5.74) is 2.54. The van der Waals surface area contributed by atoms with E-state index in [0.717, 1.165) is 29.8 Å². The lowest BCUT2D eigenvalue weighted by molar-refractivity contribution is 0.672. The van der Waals surface area contributed by atoms with Gasteiger partial charge in [0.2, 0.25) is 0 Å². The van der Waals surface area contributed by atoms with Crippen LogP contribution in [0.3, 0.4) is 0 Å². The first-order valence-electron chi connectivity index (χ1n) is 5.25. The number of nitrogens with zero attached hydrogens (tertiary/aromatic N) is 3. The Morgan fingerprint density at radius 3 is 3.00 bits per heavy atom. The first-order valence-corrected chi connectivity index (χ1v) is 5.78. The van der Waals surface area contributed by atoms with E-state index in [1.54, 1.807) is 6.07 Å². The first kappa shape index (κ1) is 11.0. The highest BCUT2D eigenvalue weighted by atomic mass is 35.5. The molecule has 0 unspecified atom stereocenters. The molecule has 82 valence electrons. The third-order valence-electron chi connectivity index (χ3n) is 2.52. The second-order valence-electron chi connectivity index (χ2n) is 3.63. The van der Waals surface area contributed by atoms with Gasteiger partial charge in [0.25, 0.3) is 0 Å². The van der Waals surface area contributed by atoms with Gasteiger partial charge in [-0.15, -0.1) is 11.6 Å². The zero-order chi connectivity index (χ0) is 11.5. The van der Waals surface area contributed by atoms with Crippen LogP contribution in [-0.2, 0) is 12.4 Å². The molecule has 0 aliphatic rings. The van der Waals surface area contributed by atoms with E-state index in [1.807, 2.05) is 12.1 Å². The molecular formula is C12H12ClN3. The molecule has 1 aromatic carbocycles. The highest BCUT2D eigenvalue weighted by Gasteiger charge is 2.09. The Kier molecular flexibility index (Phi) is 3.12. The molecule has 4 heteroatoms. The molecule has 0 saturated carbocycles. The average Bonchev–Trinajstić information content (AvgIpc) is 2.67. The molecule has 16 heavy (non-hydrogen) atoms. The predicted octanol–water partition coefficient (Wildman–Crippen LogP) is 3.06. The van der Waals surface area contributed by atoms with Crippen LogP contribution in [-0.4, -0.2) is 9.55 Å². The molecule has 0 aliphatic heterocycles. The van der Waals surface area contributed by atoms with Crippen molar-refractivity contribution in [2.45, 2.75) is 25.8 Å². The fourth-order valence-electron chi connectivity index (χ4n) is 1.82. The molecule has 0 N–H and O–H groups in total. The maximum absolute atomic E-state index is 8.82. The molecule has 0 amide bonds. The van der Waals surface area contributed by atoms with E-state index in [1.165, 1.54) is 0 Å². The minimum atomic E-state index is 0.399. The minimum Gasteiger partial charge on any atom is -0.327 e. The largest absolute Gasteiger partial charge is 0.327 e. The lowest BCUT2D eigenvalue weighted by Gasteiger charge is -2.04. The summed E-state index contributed by atoms with van der Waals surface area (Å²) < 4.78 is 2.11. The Balaban J connectivity index is 2.63. The third kappa shape index (κ3) is 1.77. The Hall–Kier alpha value is -1.53. The van der Waals surface area contributed by atoms with Crippen LogP contribution in [0, 0.1) is 11.3 Å². The van der Waals surface area contributed by atoms with Crippen LogP contribution in [0.1, 0.15) is 24.7 Å². The van der Waals surface area contributed by atoms with Crippen LogP contribution in [0.15, 0.2) is 18.2 Å². The fraction of sp³-hybridized carbons (Fsp3) is 0.333. The minimum absolute atomic E-state index is 0.399. The third-order valence-corrected chi connectivity index (χ3v) is 2.76. The van der Waals surface area contributed by atoms with Gasteiger partial charge in [-0.25, -0.2) is 4.98 Å². The van der Waals surface area contributed by atoms with Crippen LogP contribution in [0.25, 0.3) is 11.0 Å². The van der Waals surface area contributed by atoms with Crippen molar-refractivity contribution in [2.75, 3.05) is 0 Å². The van der Waals surface area contributed by atoms with E-state index in [9.17, 15) is 0 Å². The summed E-state index contributed by atoms with van der Waals surface area (Å²) in [4.78, 5) is 4.44. The Morgan fingerprint density at radius 2 is 2.38 bits per heavy atom. The Morgan fingerprint density at radius 1 is 1.56 bits per heavy atom. The number of fused-ring (bicyclic) bond motifs is 1. The van der Waals surface area contributed by atoms with Crippen molar-refractivity contribution in [3.8, 4) is 6.07 Å². The zero-order valence-electron chi connectivity index (χ0n) is 9.07. The quantitative estimate of drug-likeness (QED) is 0.768. The van der Waals surface area contributed by atoms with E-state index >= 15 is 0 Å². The summed E-state index contributed by atoms with van der Waals surface area (Å²) >= 11 is 5.86. The molecule has 3 nitrogen and oxygen atoms in total. The summed E-state index contributed by atoms with van der Waals surface area (Å²) in [5.74, 6) is 1.27. The number of aromatic nitrogens is 2. The van der Waals surface area contributed by atoms with Gasteiger partial charge in [0.1, 0.15) is 5.82 Å². The van der Waals surface area contributed by atoms with Crippen molar-refractivity contribution < 1.29 is 0 Å². The maximum atomic E-state index is 8.82. The molecule has 0 spiro atoms. The molecule has 0 aliphatic carbocycles. The molecular weight excluding hydrogens is 224 g/mol. The lowest BCUT2D eigenvalue weighted by Crippen LogP contribution is -2.01. The second-order valence-corrected chi connectivity index (χ2v) is 3.90. The summed E-state index contributed by atoms with van der Waals surface area (Å²) in [6.45, 7) is 3.03. The van der Waals surface area contributed by atoms with E-state index in [-0.39, 0.29) is 0 Å². The number of imidazole rings is 1. The van der Waals surface area contributed by atoms with Gasteiger partial charge in [0.15, 0.2) is 0 Å². The highest BCUT2D eigenvalue weighted by Crippen LogP contribution is 2.19. The maximum Gasteiger partial charge on any atom is 0.124 e. The van der Waals surface area contributed by atoms with Crippen LogP contribution >= 0.6 is 11.6 Å². The normalized spacial score (nSPS) is 10.6. The number of rotatable bonds is 3. The lowest BCUT2D eigenvalue weighted by atomic mass is 10.2. The molecule has 0 saturated heterocycles. The Labute approximate surface area is 99.3 Å². The number of benzene rings is 1. The van der Waals surface area contributed by atoms with Crippen LogP contribution in [0.2, 0.25) is 0 Å². The standard InChI is InChI=1S/C12H12ClN3/c1-2-5-16-11-4-3-9(8-14)6-10(11)15-12(16)7-13/h3-4,6H,2,5,7H2,1H3/i12+2. The molecule has 0 atom stereocenters. The van der Waals surface area contributed by atoms with Gasteiger partial charge in [0.05, 0.1) is 28.5 Å². The number of hydrogen-bond donors (Lipinski definition) is 0. The number of alkyl halides is 1. The van der Waals surface area contributed by atoms with Gasteiger partial charge in [-0.2, -0.15) is 5.26 Å². The van der Waals surface area contributed by atoms with E-state index < -0.39 is 0 Å². The van der Waals surface area contributed by atoms with Gasteiger partial charge < -0.3 is 4.57 Å². The molecule has 2 rings (SSSR count). The smallest absolute Gasteiger partial charge is 0.124 e. The Bertz CT molecular complexity index is 551. The van der Waals surface area contributed by atoms with Gasteiger partial charge in [-0.3, -0.25) is 0 Å². The molecule has 0 radical (unpaired) electrons. The predicted molar refractivity (Wildman–Crippen MR) is 64.3 cm³/mol. The number of aryl methyl sites for hydroxylation is 1. The van der Waals surface area contributed by atoms with Gasteiger partial charge in [-0.1, -0.05) is 6.92 Å². The van der Waals surface area contributed by atoms with Crippen molar-refractivity contribution in [3.05, 3.63) is 29.6 Å². The van der Waals surface area contributed by atoms with Crippen LogP contribution < -0.4 is 0 Å². The van der Waals surface area contributed by atoms with Crippen molar-refractivity contribution >= 4 is 22.6 Å². The van der Waals surface area contributed by atoms with Gasteiger partial charge in [-0.05, 0) is 24.6 Å². The highest BCUT2D eigenvalue weighted by molar-refractivity contribution is 6.16. The topological polar surface area (TPSA) is 41.6 Å². The number of nitriles is 1. The summed E-state index contributed by atoms with van der Waals surface area (Å²) in [7, 11) is 0.